The van der Waals surface area contributed by atoms with Crippen LogP contribution < -0.4 is 10.2 Å². The summed E-state index contributed by atoms with van der Waals surface area (Å²) in [4.78, 5) is 42.5. The van der Waals surface area contributed by atoms with Crippen molar-refractivity contribution < 1.29 is 29.0 Å². The van der Waals surface area contributed by atoms with Gasteiger partial charge in [-0.25, -0.2) is 9.78 Å². The van der Waals surface area contributed by atoms with Crippen molar-refractivity contribution in [3.8, 4) is 0 Å². The van der Waals surface area contributed by atoms with Crippen molar-refractivity contribution >= 4 is 50.3 Å². The molecule has 10 heteroatoms. The molecule has 0 aliphatic carbocycles. The van der Waals surface area contributed by atoms with Gasteiger partial charge in [-0.3, -0.25) is 14.9 Å². The van der Waals surface area contributed by atoms with Gasteiger partial charge >= 0.3 is 6.16 Å². The molecule has 1 saturated heterocycles. The molecule has 176 valence electrons. The number of carbonyl (C=O) groups excluding carboxylic acids is 2. The minimum atomic E-state index is -1.51. The number of amides is 2. The van der Waals surface area contributed by atoms with Gasteiger partial charge in [0.05, 0.1) is 16.8 Å². The summed E-state index contributed by atoms with van der Waals surface area (Å²) < 4.78 is 10.6. The number of anilines is 2. The predicted octanol–water partition coefficient (Wildman–Crippen LogP) is 4.50. The molecular formula is C25H19N3O6S. The van der Waals surface area contributed by atoms with E-state index in [1.165, 1.54) is 16.2 Å². The lowest BCUT2D eigenvalue weighted by molar-refractivity contribution is -0.120. The summed E-state index contributed by atoms with van der Waals surface area (Å²) in [7, 11) is 0. The van der Waals surface area contributed by atoms with Crippen LogP contribution in [-0.4, -0.2) is 40.5 Å². The first-order chi connectivity index (χ1) is 17.0. The molecule has 35 heavy (non-hydrogen) atoms. The normalized spacial score (nSPS) is 16.5. The molecule has 1 aliphatic rings. The molecule has 2 amide bonds. The largest absolute Gasteiger partial charge is 0.508 e. The fourth-order valence-corrected chi connectivity index (χ4v) is 4.43. The highest BCUT2D eigenvalue weighted by atomic mass is 32.1. The van der Waals surface area contributed by atoms with Crippen molar-refractivity contribution in [1.82, 2.24) is 4.98 Å². The first-order valence-electron chi connectivity index (χ1n) is 10.7. The standard InChI is InChI=1S/C25H19N3O6S/c29-21(27-24-26-18-8-4-5-9-19(18)35-24)16-10-12-17(13-11-16)28(14-15-6-2-1-3-7-15)22(30)20-23(33-20)34-25(31)32/h1-13,20,23H,14H2,(H,31,32)(H,26,27,29)/t20-,23+/m1/s1. The molecule has 5 rings (SSSR count). The van der Waals surface area contributed by atoms with Gasteiger partial charge in [-0.05, 0) is 42.0 Å². The lowest BCUT2D eigenvalue weighted by Gasteiger charge is -2.22. The van der Waals surface area contributed by atoms with Crippen LogP contribution in [0.2, 0.25) is 0 Å². The Kier molecular flexibility index (Phi) is 6.13. The zero-order chi connectivity index (χ0) is 24.4. The van der Waals surface area contributed by atoms with Crippen molar-refractivity contribution in [2.24, 2.45) is 0 Å². The Morgan fingerprint density at radius 2 is 1.71 bits per heavy atom. The Morgan fingerprint density at radius 3 is 2.43 bits per heavy atom. The second-order valence-corrected chi connectivity index (χ2v) is 8.74. The van der Waals surface area contributed by atoms with Crippen LogP contribution in [0.5, 0.6) is 0 Å². The summed E-state index contributed by atoms with van der Waals surface area (Å²) >= 11 is 1.38. The Bertz CT molecular complexity index is 1360. The number of epoxide rings is 1. The smallest absolute Gasteiger partial charge is 0.450 e. The number of aromatic nitrogens is 1. The SMILES string of the molecule is O=C(O)O[C@@H]1O[C@@H]1C(=O)N(Cc1ccccc1)c1ccc(C(=O)Nc2nc3ccccc3s2)cc1. The Morgan fingerprint density at radius 1 is 1.00 bits per heavy atom. The van der Waals surface area contributed by atoms with Gasteiger partial charge in [-0.2, -0.15) is 0 Å². The molecule has 1 fully saturated rings. The van der Waals surface area contributed by atoms with E-state index < -0.39 is 24.5 Å². The summed E-state index contributed by atoms with van der Waals surface area (Å²) in [6.07, 6.45) is -3.66. The number of nitrogens with zero attached hydrogens (tertiary/aromatic N) is 2. The Balaban J connectivity index is 1.33. The number of para-hydroxylation sites is 1. The van der Waals surface area contributed by atoms with Crippen molar-refractivity contribution in [2.45, 2.75) is 18.9 Å². The predicted molar refractivity (Wildman–Crippen MR) is 129 cm³/mol. The summed E-state index contributed by atoms with van der Waals surface area (Å²) in [5, 5.41) is 12.1. The van der Waals surface area contributed by atoms with E-state index in [4.69, 9.17) is 9.84 Å². The van der Waals surface area contributed by atoms with Crippen LogP contribution in [0.25, 0.3) is 10.2 Å². The highest BCUT2D eigenvalue weighted by Gasteiger charge is 2.51. The molecule has 4 aromatic rings. The number of hydrogen-bond donors (Lipinski definition) is 2. The highest BCUT2D eigenvalue weighted by Crippen LogP contribution is 2.30. The number of carbonyl (C=O) groups is 3. The van der Waals surface area contributed by atoms with E-state index in [2.05, 4.69) is 15.0 Å². The van der Waals surface area contributed by atoms with Gasteiger partial charge < -0.3 is 19.5 Å². The molecule has 0 unspecified atom stereocenters. The van der Waals surface area contributed by atoms with Crippen LogP contribution in [0.15, 0.2) is 78.9 Å². The van der Waals surface area contributed by atoms with Gasteiger partial charge in [0.1, 0.15) is 0 Å². The average molecular weight is 490 g/mol. The summed E-state index contributed by atoms with van der Waals surface area (Å²) in [6, 6.07) is 23.5. The molecule has 2 atom stereocenters. The van der Waals surface area contributed by atoms with Crippen LogP contribution in [0.4, 0.5) is 15.6 Å². The van der Waals surface area contributed by atoms with E-state index in [0.717, 1.165) is 15.8 Å². The first kappa shape index (κ1) is 22.5. The maximum absolute atomic E-state index is 13.1. The summed E-state index contributed by atoms with van der Waals surface area (Å²) in [5.41, 5.74) is 2.61. The number of fused-ring (bicyclic) bond motifs is 1. The zero-order valence-electron chi connectivity index (χ0n) is 18.2. The Hall–Kier alpha value is -4.28. The van der Waals surface area contributed by atoms with Crippen molar-refractivity contribution in [2.75, 3.05) is 10.2 Å². The molecule has 1 aliphatic heterocycles. The third-order valence-corrected chi connectivity index (χ3v) is 6.27. The summed E-state index contributed by atoms with van der Waals surface area (Å²) in [5.74, 6) is -0.760. The fraction of sp³-hybridized carbons (Fsp3) is 0.120. The number of rotatable bonds is 7. The van der Waals surface area contributed by atoms with E-state index in [1.807, 2.05) is 54.6 Å². The van der Waals surface area contributed by atoms with Gasteiger partial charge in [0.15, 0.2) is 5.13 Å². The minimum Gasteiger partial charge on any atom is -0.450 e. The van der Waals surface area contributed by atoms with E-state index in [9.17, 15) is 14.4 Å². The number of ether oxygens (including phenoxy) is 2. The maximum atomic E-state index is 13.1. The number of hydrogen-bond acceptors (Lipinski definition) is 7. The van der Waals surface area contributed by atoms with Crippen LogP contribution in [0.3, 0.4) is 0 Å². The second-order valence-electron chi connectivity index (χ2n) is 7.71. The maximum Gasteiger partial charge on any atom is 0.508 e. The molecule has 3 aromatic carbocycles. The third-order valence-electron chi connectivity index (χ3n) is 5.32. The molecular weight excluding hydrogens is 470 g/mol. The quantitative estimate of drug-likeness (QED) is 0.290. The van der Waals surface area contributed by atoms with Gasteiger partial charge in [-0.15, -0.1) is 0 Å². The lowest BCUT2D eigenvalue weighted by atomic mass is 10.1. The molecule has 2 N–H and O–H groups in total. The van der Waals surface area contributed by atoms with Crippen LogP contribution in [-0.2, 0) is 20.8 Å². The monoisotopic (exact) mass is 489 g/mol. The lowest BCUT2D eigenvalue weighted by Crippen LogP contribution is -2.35. The highest BCUT2D eigenvalue weighted by molar-refractivity contribution is 7.22. The van der Waals surface area contributed by atoms with Gasteiger partial charge in [0, 0.05) is 11.3 Å². The zero-order valence-corrected chi connectivity index (χ0v) is 19.0. The first-order valence-corrected chi connectivity index (χ1v) is 11.5. The molecule has 1 aromatic heterocycles. The number of carboxylic acid groups (broad SMARTS) is 1. The second kappa shape index (κ2) is 9.53. The van der Waals surface area contributed by atoms with Crippen LogP contribution >= 0.6 is 11.3 Å². The number of benzene rings is 3. The molecule has 0 bridgehead atoms. The van der Waals surface area contributed by atoms with Gasteiger partial charge in [0.2, 0.25) is 12.4 Å². The van der Waals surface area contributed by atoms with E-state index in [1.54, 1.807) is 24.3 Å². The van der Waals surface area contributed by atoms with Gasteiger partial charge in [-0.1, -0.05) is 53.8 Å². The topological polar surface area (TPSA) is 121 Å². The minimum absolute atomic E-state index is 0.233. The molecule has 0 radical (unpaired) electrons. The third kappa shape index (κ3) is 5.13. The molecule has 0 saturated carbocycles. The average Bonchev–Trinajstić information content (AvgIpc) is 3.49. The van der Waals surface area contributed by atoms with E-state index in [0.29, 0.717) is 16.4 Å². The fourth-order valence-electron chi connectivity index (χ4n) is 3.57. The van der Waals surface area contributed by atoms with E-state index >= 15 is 0 Å². The summed E-state index contributed by atoms with van der Waals surface area (Å²) in [6.45, 7) is 0.233. The molecule has 2 heterocycles. The van der Waals surface area contributed by atoms with Crippen molar-refractivity contribution in [1.29, 1.82) is 0 Å². The van der Waals surface area contributed by atoms with Crippen molar-refractivity contribution in [3.63, 3.8) is 0 Å². The van der Waals surface area contributed by atoms with Crippen molar-refractivity contribution in [3.05, 3.63) is 90.0 Å². The molecule has 9 nitrogen and oxygen atoms in total. The van der Waals surface area contributed by atoms with Gasteiger partial charge in [0.25, 0.3) is 11.8 Å². The number of nitrogens with one attached hydrogen (secondary N) is 1. The van der Waals surface area contributed by atoms with Crippen LogP contribution in [0.1, 0.15) is 15.9 Å². The Labute approximate surface area is 203 Å². The molecule has 0 spiro atoms. The van der Waals surface area contributed by atoms with E-state index in [-0.39, 0.29) is 12.5 Å². The number of thiazole rings is 1. The van der Waals surface area contributed by atoms with Crippen LogP contribution in [0, 0.1) is 0 Å².